The van der Waals surface area contributed by atoms with Gasteiger partial charge in [0.25, 0.3) is 0 Å². The van der Waals surface area contributed by atoms with E-state index in [1.165, 1.54) is 24.3 Å². The Bertz CT molecular complexity index is 851. The van der Waals surface area contributed by atoms with Crippen molar-refractivity contribution in [2.24, 2.45) is 5.18 Å². The summed E-state index contributed by atoms with van der Waals surface area (Å²) in [7, 11) is 1.59. The molecule has 0 aromatic heterocycles. The minimum Gasteiger partial charge on any atom is -0.395 e. The Morgan fingerprint density at radius 2 is 1.96 bits per heavy atom. The van der Waals surface area contributed by atoms with Gasteiger partial charge in [-0.3, -0.25) is 0 Å². The van der Waals surface area contributed by atoms with Crippen molar-refractivity contribution < 1.29 is 23.0 Å². The molecule has 1 atom stereocenters. The van der Waals surface area contributed by atoms with E-state index in [1.807, 2.05) is 4.90 Å². The van der Waals surface area contributed by atoms with Crippen LogP contribution in [-0.4, -0.2) is 37.6 Å². The van der Waals surface area contributed by atoms with Crippen molar-refractivity contribution in [3.63, 3.8) is 0 Å². The van der Waals surface area contributed by atoms with E-state index in [2.05, 4.69) is 5.18 Å². The molecule has 3 rings (SSSR count). The van der Waals surface area contributed by atoms with Crippen molar-refractivity contribution >= 4 is 17.1 Å². The largest absolute Gasteiger partial charge is 0.418 e. The number of alkyl halides is 3. The summed E-state index contributed by atoms with van der Waals surface area (Å²) in [5.74, 6) is 0. The van der Waals surface area contributed by atoms with Crippen LogP contribution in [0.15, 0.2) is 41.6 Å². The maximum Gasteiger partial charge on any atom is 0.418 e. The lowest BCUT2D eigenvalue weighted by Crippen LogP contribution is -2.52. The lowest BCUT2D eigenvalue weighted by atomic mass is 9.98. The fourth-order valence-electron chi connectivity index (χ4n) is 2.99. The fourth-order valence-corrected chi connectivity index (χ4v) is 2.99. The third kappa shape index (κ3) is 3.74. The molecule has 0 radical (unpaired) electrons. The lowest BCUT2D eigenvalue weighted by molar-refractivity contribution is -0.206. The first-order valence-electron chi connectivity index (χ1n) is 8.14. The highest BCUT2D eigenvalue weighted by Crippen LogP contribution is 2.41. The molecular formula is C18H18F3N3O3. The molecule has 3 N–H and O–H groups in total. The molecule has 144 valence electrons. The summed E-state index contributed by atoms with van der Waals surface area (Å²) < 4.78 is 43.6. The average molecular weight is 381 g/mol. The minimum atomic E-state index is -4.77. The van der Waals surface area contributed by atoms with E-state index in [-0.39, 0.29) is 23.0 Å². The van der Waals surface area contributed by atoms with Crippen molar-refractivity contribution in [2.75, 3.05) is 30.8 Å². The maximum atomic E-state index is 12.8. The highest BCUT2D eigenvalue weighted by molar-refractivity contribution is 5.86. The van der Waals surface area contributed by atoms with E-state index in [1.54, 1.807) is 19.2 Å². The highest BCUT2D eigenvalue weighted by atomic mass is 19.4. The summed E-state index contributed by atoms with van der Waals surface area (Å²) in [6.45, 7) is 1.16. The van der Waals surface area contributed by atoms with Gasteiger partial charge in [0.1, 0.15) is 5.69 Å². The van der Waals surface area contributed by atoms with Gasteiger partial charge >= 0.3 is 6.18 Å². The molecule has 0 aliphatic carbocycles. The van der Waals surface area contributed by atoms with E-state index in [0.717, 1.165) is 0 Å². The second-order valence-electron chi connectivity index (χ2n) is 6.35. The van der Waals surface area contributed by atoms with E-state index in [9.17, 15) is 23.2 Å². The third-order valence-electron chi connectivity index (χ3n) is 4.60. The number of aliphatic hydroxyl groups excluding tert-OH is 1. The molecule has 2 aromatic carbocycles. The Kier molecular flexibility index (Phi) is 5.07. The number of aliphatic hydroxyl groups is 1. The summed E-state index contributed by atoms with van der Waals surface area (Å²) in [6, 6.07) is 8.53. The van der Waals surface area contributed by atoms with Crippen LogP contribution in [0.1, 0.15) is 11.7 Å². The van der Waals surface area contributed by atoms with Gasteiger partial charge in [-0.15, -0.1) is 4.91 Å². The summed E-state index contributed by atoms with van der Waals surface area (Å²) in [6.07, 6.45) is -7.31. The first-order chi connectivity index (χ1) is 12.7. The van der Waals surface area contributed by atoms with Crippen LogP contribution in [0, 0.1) is 4.91 Å². The van der Waals surface area contributed by atoms with Gasteiger partial charge in [-0.05, 0) is 40.1 Å². The average Bonchev–Trinajstić information content (AvgIpc) is 2.60. The Balaban J connectivity index is 2.01. The van der Waals surface area contributed by atoms with Crippen LogP contribution >= 0.6 is 0 Å². The quantitative estimate of drug-likeness (QED) is 0.608. The number of nitroso groups, excluding NO2 is 1. The van der Waals surface area contributed by atoms with Gasteiger partial charge in [0.05, 0.1) is 17.5 Å². The molecule has 9 heteroatoms. The predicted octanol–water partition coefficient (Wildman–Crippen LogP) is 3.76. The molecule has 1 heterocycles. The van der Waals surface area contributed by atoms with Gasteiger partial charge in [0.2, 0.25) is 0 Å². The Hall–Kier alpha value is -2.65. The molecule has 1 fully saturated rings. The minimum absolute atomic E-state index is 0.00476. The van der Waals surface area contributed by atoms with Gasteiger partial charge in [-0.2, -0.15) is 13.2 Å². The Morgan fingerprint density at radius 1 is 1.26 bits per heavy atom. The normalized spacial score (nSPS) is 16.1. The van der Waals surface area contributed by atoms with E-state index >= 15 is 0 Å². The standard InChI is InChI=1S/C18H18F3N3O3/c1-27-13-8-24(9-13)15-7-12(6-14(23-26)16(15)22)10-3-2-4-11(5-10)17(25)18(19,20)21/h2-7,13,17,25H,8-9,22H2,1H3. The van der Waals surface area contributed by atoms with Crippen molar-refractivity contribution in [2.45, 2.75) is 18.4 Å². The van der Waals surface area contributed by atoms with Crippen molar-refractivity contribution in [3.8, 4) is 11.1 Å². The Labute approximate surface area is 153 Å². The number of nitrogens with zero attached hydrogens (tertiary/aromatic N) is 2. The zero-order chi connectivity index (χ0) is 19.8. The van der Waals surface area contributed by atoms with Gasteiger partial charge in [0.15, 0.2) is 6.10 Å². The van der Waals surface area contributed by atoms with Crippen LogP contribution in [0.5, 0.6) is 0 Å². The summed E-state index contributed by atoms with van der Waals surface area (Å²) in [5, 5.41) is 12.4. The summed E-state index contributed by atoms with van der Waals surface area (Å²) in [5.41, 5.74) is 7.38. The number of methoxy groups -OCH3 is 1. The van der Waals surface area contributed by atoms with Crippen molar-refractivity contribution in [1.82, 2.24) is 0 Å². The van der Waals surface area contributed by atoms with E-state index < -0.39 is 12.3 Å². The van der Waals surface area contributed by atoms with Gasteiger partial charge < -0.3 is 20.5 Å². The summed E-state index contributed by atoms with van der Waals surface area (Å²) >= 11 is 0. The zero-order valence-corrected chi connectivity index (χ0v) is 14.4. The molecule has 0 saturated carbocycles. The number of hydrogen-bond acceptors (Lipinski definition) is 6. The predicted molar refractivity (Wildman–Crippen MR) is 95.8 cm³/mol. The second kappa shape index (κ2) is 7.16. The first-order valence-corrected chi connectivity index (χ1v) is 8.14. The van der Waals surface area contributed by atoms with E-state index in [4.69, 9.17) is 10.5 Å². The third-order valence-corrected chi connectivity index (χ3v) is 4.60. The Morgan fingerprint density at radius 3 is 2.56 bits per heavy atom. The van der Waals surface area contributed by atoms with Crippen LogP contribution in [-0.2, 0) is 4.74 Å². The molecule has 0 spiro atoms. The number of halogens is 3. The number of hydrogen-bond donors (Lipinski definition) is 2. The fraction of sp³-hybridized carbons (Fsp3) is 0.333. The zero-order valence-electron chi connectivity index (χ0n) is 14.4. The van der Waals surface area contributed by atoms with Crippen LogP contribution in [0.4, 0.5) is 30.2 Å². The number of ether oxygens (including phenoxy) is 1. The topological polar surface area (TPSA) is 88.2 Å². The van der Waals surface area contributed by atoms with Gasteiger partial charge in [0, 0.05) is 20.2 Å². The summed E-state index contributed by atoms with van der Waals surface area (Å²) in [4.78, 5) is 13.1. The SMILES string of the molecule is COC1CN(c2cc(-c3cccc(C(O)C(F)(F)F)c3)cc(N=O)c2N)C1. The molecule has 1 aliphatic heterocycles. The van der Waals surface area contributed by atoms with Crippen LogP contribution in [0.3, 0.4) is 0 Å². The van der Waals surface area contributed by atoms with Crippen molar-refractivity contribution in [3.05, 3.63) is 46.9 Å². The number of rotatable bonds is 5. The molecule has 1 unspecified atom stereocenters. The molecular weight excluding hydrogens is 363 g/mol. The molecule has 1 saturated heterocycles. The second-order valence-corrected chi connectivity index (χ2v) is 6.35. The molecule has 1 aliphatic rings. The molecule has 2 aromatic rings. The van der Waals surface area contributed by atoms with Crippen LogP contribution in [0.25, 0.3) is 11.1 Å². The smallest absolute Gasteiger partial charge is 0.395 e. The molecule has 0 bridgehead atoms. The maximum absolute atomic E-state index is 12.8. The monoisotopic (exact) mass is 381 g/mol. The highest BCUT2D eigenvalue weighted by Gasteiger charge is 2.39. The van der Waals surface area contributed by atoms with E-state index in [0.29, 0.717) is 29.9 Å². The first kappa shape index (κ1) is 19.1. The number of nitrogen functional groups attached to an aromatic ring is 1. The number of benzene rings is 2. The van der Waals surface area contributed by atoms with Crippen LogP contribution < -0.4 is 10.6 Å². The van der Waals surface area contributed by atoms with Crippen LogP contribution in [0.2, 0.25) is 0 Å². The van der Waals surface area contributed by atoms with Crippen molar-refractivity contribution in [1.29, 1.82) is 0 Å². The number of nitrogens with two attached hydrogens (primary N) is 1. The molecule has 6 nitrogen and oxygen atoms in total. The van der Waals surface area contributed by atoms with Gasteiger partial charge in [-0.25, -0.2) is 0 Å². The van der Waals surface area contributed by atoms with Gasteiger partial charge in [-0.1, -0.05) is 18.2 Å². The lowest BCUT2D eigenvalue weighted by Gasteiger charge is -2.40. The number of anilines is 2. The molecule has 27 heavy (non-hydrogen) atoms. The molecule has 0 amide bonds.